The zero-order valence-corrected chi connectivity index (χ0v) is 21.0. The molecule has 1 fully saturated rings. The Morgan fingerprint density at radius 2 is 1.74 bits per heavy atom. The van der Waals surface area contributed by atoms with Crippen molar-refractivity contribution in [2.75, 3.05) is 34.0 Å². The van der Waals surface area contributed by atoms with E-state index in [1.165, 1.54) is 4.90 Å². The number of aliphatic hydroxyl groups is 1. The van der Waals surface area contributed by atoms with Gasteiger partial charge in [-0.25, -0.2) is 0 Å². The van der Waals surface area contributed by atoms with E-state index in [0.717, 1.165) is 36.1 Å². The number of rotatable bonds is 12. The van der Waals surface area contributed by atoms with Crippen molar-refractivity contribution in [3.63, 3.8) is 0 Å². The molecule has 1 amide bonds. The van der Waals surface area contributed by atoms with Gasteiger partial charge in [0.1, 0.15) is 17.3 Å². The summed E-state index contributed by atoms with van der Waals surface area (Å²) in [5.74, 6) is -0.121. The smallest absolute Gasteiger partial charge is 0.295 e. The van der Waals surface area contributed by atoms with E-state index in [1.807, 2.05) is 31.2 Å². The number of hydrogen-bond acceptors (Lipinski definition) is 6. The number of likely N-dealkylation sites (tertiary alicyclic amines) is 1. The molecule has 188 valence electrons. The zero-order chi connectivity index (χ0) is 25.4. The monoisotopic (exact) mass is 481 g/mol. The average Bonchev–Trinajstić information content (AvgIpc) is 3.11. The average molecular weight is 482 g/mol. The maximum absolute atomic E-state index is 13.1. The molecule has 7 heteroatoms. The van der Waals surface area contributed by atoms with Crippen molar-refractivity contribution in [1.29, 1.82) is 0 Å². The summed E-state index contributed by atoms with van der Waals surface area (Å²) in [5.41, 5.74) is 2.08. The number of carbonyl (C=O) groups excluding carboxylic acids is 2. The number of benzene rings is 2. The molecule has 3 rings (SSSR count). The Bertz CT molecular complexity index is 1060. The molecule has 0 radical (unpaired) electrons. The van der Waals surface area contributed by atoms with Crippen LogP contribution in [-0.2, 0) is 14.3 Å². The van der Waals surface area contributed by atoms with Crippen molar-refractivity contribution in [3.05, 3.63) is 64.7 Å². The number of unbranched alkanes of at least 4 members (excludes halogenated alkanes) is 2. The van der Waals surface area contributed by atoms with Crippen LogP contribution in [0.4, 0.5) is 0 Å². The molecule has 35 heavy (non-hydrogen) atoms. The quantitative estimate of drug-likeness (QED) is 0.198. The molecule has 1 saturated heterocycles. The Balaban J connectivity index is 1.99. The third kappa shape index (κ3) is 6.03. The van der Waals surface area contributed by atoms with Crippen LogP contribution in [0.1, 0.15) is 55.3 Å². The summed E-state index contributed by atoms with van der Waals surface area (Å²) in [6, 6.07) is 11.8. The molecule has 1 heterocycles. The van der Waals surface area contributed by atoms with Gasteiger partial charge in [0.25, 0.3) is 11.7 Å². The summed E-state index contributed by atoms with van der Waals surface area (Å²) in [7, 11) is 3.17. The minimum absolute atomic E-state index is 0.0774. The van der Waals surface area contributed by atoms with Crippen molar-refractivity contribution < 1.29 is 28.9 Å². The maximum Gasteiger partial charge on any atom is 0.295 e. The molecule has 0 bridgehead atoms. The summed E-state index contributed by atoms with van der Waals surface area (Å²) >= 11 is 0. The van der Waals surface area contributed by atoms with Crippen molar-refractivity contribution >= 4 is 17.4 Å². The topological polar surface area (TPSA) is 85.3 Å². The number of hydrogen-bond donors (Lipinski definition) is 1. The summed E-state index contributed by atoms with van der Waals surface area (Å²) in [6.07, 6.45) is 3.79. The fourth-order valence-electron chi connectivity index (χ4n) is 4.31. The molecule has 0 spiro atoms. The van der Waals surface area contributed by atoms with Crippen molar-refractivity contribution in [3.8, 4) is 11.5 Å². The Morgan fingerprint density at radius 3 is 2.37 bits per heavy atom. The first-order valence-corrected chi connectivity index (χ1v) is 12.1. The van der Waals surface area contributed by atoms with E-state index < -0.39 is 17.7 Å². The molecule has 2 aromatic rings. The molecule has 1 N–H and O–H groups in total. The van der Waals surface area contributed by atoms with E-state index in [-0.39, 0.29) is 11.3 Å². The van der Waals surface area contributed by atoms with Gasteiger partial charge in [0.05, 0.1) is 25.3 Å². The van der Waals surface area contributed by atoms with E-state index in [4.69, 9.17) is 14.2 Å². The van der Waals surface area contributed by atoms with Crippen LogP contribution in [0.2, 0.25) is 0 Å². The third-order valence-corrected chi connectivity index (χ3v) is 6.17. The highest BCUT2D eigenvalue weighted by atomic mass is 16.5. The minimum atomic E-state index is -0.705. The second-order valence-corrected chi connectivity index (χ2v) is 8.65. The molecule has 0 aromatic heterocycles. The van der Waals surface area contributed by atoms with Gasteiger partial charge in [-0.2, -0.15) is 0 Å². The summed E-state index contributed by atoms with van der Waals surface area (Å²) < 4.78 is 16.3. The van der Waals surface area contributed by atoms with Gasteiger partial charge >= 0.3 is 0 Å². The normalized spacial score (nSPS) is 17.1. The van der Waals surface area contributed by atoms with Gasteiger partial charge < -0.3 is 24.2 Å². The summed E-state index contributed by atoms with van der Waals surface area (Å²) in [5, 5.41) is 11.2. The second-order valence-electron chi connectivity index (χ2n) is 8.65. The number of aryl methyl sites for hydroxylation is 1. The predicted octanol–water partition coefficient (Wildman–Crippen LogP) is 5.03. The third-order valence-electron chi connectivity index (χ3n) is 6.17. The lowest BCUT2D eigenvalue weighted by molar-refractivity contribution is -0.140. The van der Waals surface area contributed by atoms with Gasteiger partial charge in [-0.3, -0.25) is 9.59 Å². The summed E-state index contributed by atoms with van der Waals surface area (Å²) in [4.78, 5) is 27.7. The Hall–Kier alpha value is -3.32. The molecule has 1 unspecified atom stereocenters. The van der Waals surface area contributed by atoms with Crippen LogP contribution < -0.4 is 9.47 Å². The van der Waals surface area contributed by atoms with Gasteiger partial charge in [0, 0.05) is 25.8 Å². The number of methoxy groups -OCH3 is 2. The first kappa shape index (κ1) is 26.3. The summed E-state index contributed by atoms with van der Waals surface area (Å²) in [6.45, 7) is 5.43. The fraction of sp³-hybridized carbons (Fsp3) is 0.429. The van der Waals surface area contributed by atoms with Crippen LogP contribution in [0.3, 0.4) is 0 Å². The molecule has 1 aliphatic rings. The number of ketones is 1. The fourth-order valence-corrected chi connectivity index (χ4v) is 4.31. The van der Waals surface area contributed by atoms with E-state index in [2.05, 4.69) is 6.92 Å². The van der Waals surface area contributed by atoms with Crippen LogP contribution in [-0.4, -0.2) is 55.7 Å². The molecule has 1 aliphatic heterocycles. The SMILES string of the molecule is CCCCCOc1ccc(C2C(=C(O)c3ccc(OC)c(C)c3)C(=O)C(=O)N2CCCOC)cc1. The van der Waals surface area contributed by atoms with Crippen LogP contribution in [0.25, 0.3) is 5.76 Å². The molecule has 1 atom stereocenters. The van der Waals surface area contributed by atoms with E-state index in [9.17, 15) is 14.7 Å². The number of carbonyl (C=O) groups is 2. The Kier molecular flexibility index (Phi) is 9.32. The largest absolute Gasteiger partial charge is 0.507 e. The standard InChI is InChI=1S/C28H35NO6/c1-5-6-7-17-35-22-12-9-20(10-13-22)25-24(27(31)28(32)29(25)15-8-16-33-3)26(30)21-11-14-23(34-4)19(2)18-21/h9-14,18,25,30H,5-8,15-17H2,1-4H3. The van der Waals surface area contributed by atoms with Gasteiger partial charge in [0.2, 0.25) is 0 Å². The van der Waals surface area contributed by atoms with Crippen LogP contribution in [0.5, 0.6) is 11.5 Å². The van der Waals surface area contributed by atoms with Crippen LogP contribution in [0, 0.1) is 6.92 Å². The lowest BCUT2D eigenvalue weighted by atomic mass is 9.94. The van der Waals surface area contributed by atoms with Crippen LogP contribution in [0.15, 0.2) is 48.0 Å². The molecule has 0 aliphatic carbocycles. The minimum Gasteiger partial charge on any atom is -0.507 e. The van der Waals surface area contributed by atoms with Crippen LogP contribution >= 0.6 is 0 Å². The number of Topliss-reactive ketones (excluding diaryl/α,β-unsaturated/α-hetero) is 1. The van der Waals surface area contributed by atoms with Gasteiger partial charge in [0.15, 0.2) is 0 Å². The predicted molar refractivity (Wildman–Crippen MR) is 135 cm³/mol. The number of aliphatic hydroxyl groups excluding tert-OH is 1. The highest BCUT2D eigenvalue weighted by Crippen LogP contribution is 2.40. The molecule has 0 saturated carbocycles. The first-order chi connectivity index (χ1) is 16.9. The highest BCUT2D eigenvalue weighted by Gasteiger charge is 2.45. The number of ether oxygens (including phenoxy) is 3. The number of amides is 1. The van der Waals surface area contributed by atoms with Gasteiger partial charge in [-0.05, 0) is 61.2 Å². The zero-order valence-electron chi connectivity index (χ0n) is 21.0. The molecule has 7 nitrogen and oxygen atoms in total. The van der Waals surface area contributed by atoms with E-state index in [0.29, 0.717) is 37.5 Å². The lowest BCUT2D eigenvalue weighted by Gasteiger charge is -2.25. The maximum atomic E-state index is 13.1. The Labute approximate surface area is 207 Å². The molecular formula is C28H35NO6. The van der Waals surface area contributed by atoms with Gasteiger partial charge in [-0.15, -0.1) is 0 Å². The molecule has 2 aromatic carbocycles. The first-order valence-electron chi connectivity index (χ1n) is 12.1. The van der Waals surface area contributed by atoms with Crippen molar-refractivity contribution in [1.82, 2.24) is 4.90 Å². The highest BCUT2D eigenvalue weighted by molar-refractivity contribution is 6.46. The lowest BCUT2D eigenvalue weighted by Crippen LogP contribution is -2.31. The van der Waals surface area contributed by atoms with Crippen molar-refractivity contribution in [2.45, 2.75) is 45.6 Å². The molecular weight excluding hydrogens is 446 g/mol. The second kappa shape index (κ2) is 12.4. The van der Waals surface area contributed by atoms with Gasteiger partial charge in [-0.1, -0.05) is 31.9 Å². The van der Waals surface area contributed by atoms with Crippen molar-refractivity contribution in [2.24, 2.45) is 0 Å². The van der Waals surface area contributed by atoms with E-state index in [1.54, 1.807) is 32.4 Å². The number of nitrogens with zero attached hydrogens (tertiary/aromatic N) is 1. The Morgan fingerprint density at radius 1 is 1.00 bits per heavy atom. The van der Waals surface area contributed by atoms with E-state index >= 15 is 0 Å².